The number of aryl methyl sites for hydroxylation is 1. The Labute approximate surface area is 198 Å². The van der Waals surface area contributed by atoms with Crippen LogP contribution in [-0.4, -0.2) is 18.1 Å². The van der Waals surface area contributed by atoms with Crippen LogP contribution in [0.5, 0.6) is 11.6 Å². The quantitative estimate of drug-likeness (QED) is 0.212. The Morgan fingerprint density at radius 1 is 1.20 bits per heavy atom. The molecule has 0 radical (unpaired) electrons. The second kappa shape index (κ2) is 10.5. The number of methoxy groups -OCH3 is 1. The highest BCUT2D eigenvalue weighted by Gasteiger charge is 2.35. The first-order valence-corrected chi connectivity index (χ1v) is 10.4. The second-order valence-corrected chi connectivity index (χ2v) is 7.33. The molecule has 1 N–H and O–H groups in total. The number of aromatic nitrogens is 1. The van der Waals surface area contributed by atoms with Crippen molar-refractivity contribution in [3.05, 3.63) is 95.2 Å². The van der Waals surface area contributed by atoms with Gasteiger partial charge in [0.2, 0.25) is 5.88 Å². The molecule has 0 aliphatic heterocycles. The average molecular weight is 492 g/mol. The van der Waals surface area contributed by atoms with E-state index < -0.39 is 41.3 Å². The fraction of sp³-hybridized carbons (Fsp3) is 0.200. The monoisotopic (exact) mass is 492 g/mol. The summed E-state index contributed by atoms with van der Waals surface area (Å²) >= 11 is 0. The van der Waals surface area contributed by atoms with Crippen molar-refractivity contribution in [2.24, 2.45) is 0 Å². The van der Waals surface area contributed by atoms with Gasteiger partial charge in [-0.15, -0.1) is 6.58 Å². The number of pyridine rings is 1. The molecule has 0 spiro atoms. The topological polar surface area (TPSA) is 60.5 Å². The number of halogens is 5. The van der Waals surface area contributed by atoms with Gasteiger partial charge < -0.3 is 14.8 Å². The predicted molar refractivity (Wildman–Crippen MR) is 119 cm³/mol. The molecule has 0 saturated carbocycles. The van der Waals surface area contributed by atoms with Gasteiger partial charge in [-0.25, -0.2) is 18.6 Å². The third-order valence-corrected chi connectivity index (χ3v) is 5.11. The van der Waals surface area contributed by atoms with E-state index >= 15 is 0 Å². The van der Waals surface area contributed by atoms with Crippen LogP contribution in [0.25, 0.3) is 0 Å². The Morgan fingerprint density at radius 3 is 2.57 bits per heavy atom. The summed E-state index contributed by atoms with van der Waals surface area (Å²) in [5.74, 6) is -3.16. The Bertz CT molecular complexity index is 1240. The van der Waals surface area contributed by atoms with Crippen LogP contribution in [0.15, 0.2) is 61.3 Å². The molecule has 0 aliphatic rings. The van der Waals surface area contributed by atoms with Gasteiger partial charge in [0.1, 0.15) is 22.9 Å². The van der Waals surface area contributed by atoms with E-state index in [9.17, 15) is 26.7 Å². The minimum atomic E-state index is -4.70. The first-order valence-electron chi connectivity index (χ1n) is 10.4. The molecule has 1 unspecified atom stereocenters. The molecule has 1 atom stereocenters. The van der Waals surface area contributed by atoms with Gasteiger partial charge in [0.25, 0.3) is 0 Å². The maximum absolute atomic E-state index is 14.7. The molecule has 35 heavy (non-hydrogen) atoms. The lowest BCUT2D eigenvalue weighted by Gasteiger charge is -2.22. The van der Waals surface area contributed by atoms with Gasteiger partial charge in [-0.3, -0.25) is 0 Å². The third-order valence-electron chi connectivity index (χ3n) is 5.11. The fourth-order valence-corrected chi connectivity index (χ4v) is 3.49. The van der Waals surface area contributed by atoms with Crippen molar-refractivity contribution < 1.29 is 36.2 Å². The van der Waals surface area contributed by atoms with Crippen LogP contribution in [-0.2, 0) is 17.3 Å². The second-order valence-electron chi connectivity index (χ2n) is 7.33. The number of hydrogen-bond acceptors (Lipinski definition) is 5. The number of rotatable bonds is 8. The minimum absolute atomic E-state index is 0.0955. The zero-order chi connectivity index (χ0) is 25.8. The Balaban J connectivity index is 2.01. The molecule has 3 rings (SSSR count). The van der Waals surface area contributed by atoms with Crippen molar-refractivity contribution in [1.29, 1.82) is 0 Å². The van der Waals surface area contributed by atoms with Crippen LogP contribution < -0.4 is 10.1 Å². The average Bonchev–Trinajstić information content (AvgIpc) is 2.82. The minimum Gasteiger partial charge on any atom is -0.465 e. The summed E-state index contributed by atoms with van der Waals surface area (Å²) in [5.41, 5.74) is -0.482. The van der Waals surface area contributed by atoms with E-state index in [-0.39, 0.29) is 22.6 Å². The van der Waals surface area contributed by atoms with Gasteiger partial charge in [-0.05, 0) is 48.4 Å². The van der Waals surface area contributed by atoms with Crippen molar-refractivity contribution in [3.63, 3.8) is 0 Å². The fourth-order valence-electron chi connectivity index (χ4n) is 3.49. The van der Waals surface area contributed by atoms with Gasteiger partial charge >= 0.3 is 12.1 Å². The van der Waals surface area contributed by atoms with Crippen LogP contribution in [0, 0.1) is 11.6 Å². The number of esters is 1. The van der Waals surface area contributed by atoms with Crippen molar-refractivity contribution in [3.8, 4) is 11.6 Å². The van der Waals surface area contributed by atoms with Gasteiger partial charge in [0.15, 0.2) is 0 Å². The lowest BCUT2D eigenvalue weighted by molar-refractivity contribution is -0.138. The van der Waals surface area contributed by atoms with Crippen molar-refractivity contribution in [2.45, 2.75) is 25.6 Å². The summed E-state index contributed by atoms with van der Waals surface area (Å²) < 4.78 is 78.3. The number of hydrogen-bond donors (Lipinski definition) is 1. The third kappa shape index (κ3) is 5.76. The molecule has 0 bridgehead atoms. The molecule has 5 nitrogen and oxygen atoms in total. The SMILES string of the molecule is C=CC(Nc1ccc(Oc2ncccc2C(F)(F)F)cc1C(=O)OC)c1c(F)cc(F)cc1CC. The zero-order valence-corrected chi connectivity index (χ0v) is 18.7. The number of ether oxygens (including phenoxy) is 2. The number of alkyl halides is 3. The summed E-state index contributed by atoms with van der Waals surface area (Å²) in [5, 5.41) is 2.96. The smallest absolute Gasteiger partial charge is 0.421 e. The first-order chi connectivity index (χ1) is 16.6. The molecule has 10 heteroatoms. The molecule has 3 aromatic rings. The molecule has 0 aliphatic carbocycles. The van der Waals surface area contributed by atoms with Gasteiger partial charge in [-0.1, -0.05) is 13.0 Å². The summed E-state index contributed by atoms with van der Waals surface area (Å²) in [4.78, 5) is 16.1. The number of carbonyl (C=O) groups excluding carboxylic acids is 1. The number of anilines is 1. The van der Waals surface area contributed by atoms with Crippen molar-refractivity contribution in [2.75, 3.05) is 12.4 Å². The van der Waals surface area contributed by atoms with Crippen LogP contribution in [0.4, 0.5) is 27.6 Å². The predicted octanol–water partition coefficient (Wildman–Crippen LogP) is 6.86. The molecular formula is C25H21F5N2O3. The Kier molecular flexibility index (Phi) is 7.73. The van der Waals surface area contributed by atoms with Gasteiger partial charge in [0.05, 0.1) is 18.7 Å². The zero-order valence-electron chi connectivity index (χ0n) is 18.7. The highest BCUT2D eigenvalue weighted by atomic mass is 19.4. The van der Waals surface area contributed by atoms with E-state index in [0.717, 1.165) is 31.5 Å². The maximum atomic E-state index is 14.7. The first kappa shape index (κ1) is 25.7. The standard InChI is InChI=1S/C25H21F5N2O3/c1-4-14-11-15(26)12-19(27)22(14)20(5-2)32-21-9-8-16(13-17(21)24(33)34-3)35-23-18(25(28,29)30)7-6-10-31-23/h5-13,20,32H,2,4H2,1,3H3. The van der Waals surface area contributed by atoms with Crippen LogP contribution in [0.2, 0.25) is 0 Å². The molecule has 1 aromatic heterocycles. The molecule has 0 amide bonds. The number of carbonyl (C=O) groups is 1. The lowest BCUT2D eigenvalue weighted by Crippen LogP contribution is -2.16. The van der Waals surface area contributed by atoms with E-state index in [0.29, 0.717) is 12.0 Å². The van der Waals surface area contributed by atoms with Gasteiger partial charge in [-0.2, -0.15) is 13.2 Å². The molecule has 184 valence electrons. The molecule has 2 aromatic carbocycles. The van der Waals surface area contributed by atoms with E-state index in [2.05, 4.69) is 16.9 Å². The number of nitrogens with zero attached hydrogens (tertiary/aromatic N) is 1. The van der Waals surface area contributed by atoms with Crippen LogP contribution in [0.3, 0.4) is 0 Å². The molecule has 1 heterocycles. The van der Waals surface area contributed by atoms with Crippen LogP contribution in [0.1, 0.15) is 40.0 Å². The number of nitrogens with one attached hydrogen (secondary N) is 1. The highest BCUT2D eigenvalue weighted by Crippen LogP contribution is 2.37. The van der Waals surface area contributed by atoms with E-state index in [4.69, 9.17) is 9.47 Å². The van der Waals surface area contributed by atoms with E-state index in [1.165, 1.54) is 30.3 Å². The number of benzene rings is 2. The Morgan fingerprint density at radius 2 is 1.94 bits per heavy atom. The summed E-state index contributed by atoms with van der Waals surface area (Å²) in [6.07, 6.45) is -1.86. The molecular weight excluding hydrogens is 471 g/mol. The van der Waals surface area contributed by atoms with Crippen molar-refractivity contribution in [1.82, 2.24) is 4.98 Å². The lowest BCUT2D eigenvalue weighted by atomic mass is 9.97. The van der Waals surface area contributed by atoms with E-state index in [1.807, 2.05) is 0 Å². The molecule has 0 fully saturated rings. The van der Waals surface area contributed by atoms with Gasteiger partial charge in [0, 0.05) is 23.5 Å². The summed E-state index contributed by atoms with van der Waals surface area (Å²) in [7, 11) is 1.12. The Hall–Kier alpha value is -3.95. The van der Waals surface area contributed by atoms with E-state index in [1.54, 1.807) is 6.92 Å². The summed E-state index contributed by atoms with van der Waals surface area (Å²) in [6.45, 7) is 5.43. The maximum Gasteiger partial charge on any atom is 0.421 e. The largest absolute Gasteiger partial charge is 0.465 e. The van der Waals surface area contributed by atoms with Crippen LogP contribution >= 0.6 is 0 Å². The summed E-state index contributed by atoms with van der Waals surface area (Å²) in [6, 6.07) is 6.87. The highest BCUT2D eigenvalue weighted by molar-refractivity contribution is 5.96. The van der Waals surface area contributed by atoms with Crippen molar-refractivity contribution >= 4 is 11.7 Å². The normalized spacial score (nSPS) is 12.1. The molecule has 0 saturated heterocycles.